The van der Waals surface area contributed by atoms with Gasteiger partial charge in [-0.15, -0.1) is 0 Å². The van der Waals surface area contributed by atoms with Gasteiger partial charge >= 0.3 is 20.1 Å². The third-order valence-corrected chi connectivity index (χ3v) is 6.57. The molecule has 0 aliphatic heterocycles. The van der Waals surface area contributed by atoms with E-state index in [1.165, 1.54) is 18.7 Å². The molecule has 1 aliphatic carbocycles. The van der Waals surface area contributed by atoms with E-state index in [0.29, 0.717) is 12.6 Å². The smallest absolute Gasteiger partial charge is 0.677 e. The number of carbonyl (C=O) groups is 1. The topological polar surface area (TPSA) is 67.9 Å². The van der Waals surface area contributed by atoms with E-state index in [4.69, 9.17) is 5.73 Å². The van der Waals surface area contributed by atoms with Crippen LogP contribution in [0.3, 0.4) is 0 Å². The molecule has 4 unspecified atom stereocenters. The van der Waals surface area contributed by atoms with Crippen molar-refractivity contribution in [3.63, 3.8) is 0 Å². The summed E-state index contributed by atoms with van der Waals surface area (Å²) in [4.78, 5) is 15.3. The summed E-state index contributed by atoms with van der Waals surface area (Å²) in [6, 6.07) is 7.54. The van der Waals surface area contributed by atoms with Gasteiger partial charge in [-0.1, -0.05) is 58.4 Å². The zero-order valence-electron chi connectivity index (χ0n) is 19.4. The first-order valence-corrected chi connectivity index (χ1v) is 10.5. The maximum atomic E-state index is 13.2. The number of aromatic nitrogens is 1. The van der Waals surface area contributed by atoms with E-state index >= 15 is 0 Å². The summed E-state index contributed by atoms with van der Waals surface area (Å²) in [7, 11) is 0. The minimum atomic E-state index is -0.880. The monoisotopic (exact) mass is 623 g/mol. The van der Waals surface area contributed by atoms with Gasteiger partial charge in [0.05, 0.1) is 5.69 Å². The second kappa shape index (κ2) is 14.5. The van der Waals surface area contributed by atoms with Crippen molar-refractivity contribution in [2.24, 2.45) is 29.6 Å². The Hall–Kier alpha value is -1.69. The molecule has 3 rings (SSSR count). The number of halogens is 2. The second-order valence-corrected chi connectivity index (χ2v) is 8.22. The Morgan fingerprint density at radius 2 is 1.66 bits per heavy atom. The summed E-state index contributed by atoms with van der Waals surface area (Å²) in [6.45, 7) is 10.2. The van der Waals surface area contributed by atoms with Crippen LogP contribution < -0.4 is 0 Å². The van der Waals surface area contributed by atoms with Gasteiger partial charge in [0.15, 0.2) is 0 Å². The summed E-state index contributed by atoms with van der Waals surface area (Å²) in [5.41, 5.74) is 7.10. The molecule has 0 spiro atoms. The Balaban J connectivity index is 0.000000584. The van der Waals surface area contributed by atoms with Crippen molar-refractivity contribution in [3.8, 4) is 0 Å². The van der Waals surface area contributed by atoms with Crippen LogP contribution in [-0.4, -0.2) is 17.4 Å². The molecule has 7 heteroatoms. The standard InChI is InChI=1S/C12H8F2N2O.C12H24N.CH3.Ir/c13-8-4-5-10(9(14)7-8)16-12(17)11-3-1-2-6-15-11;1-8-9(2)11(4)12(10(8)3)6-5-7-13;;/h1-7H,(H,16,17);8-13H,5-7H2,1-4H3;1H3;/q;2*-1;+3/p-1. The normalized spacial score (nSPS) is 23.8. The van der Waals surface area contributed by atoms with Crippen LogP contribution in [0.2, 0.25) is 0 Å². The summed E-state index contributed by atoms with van der Waals surface area (Å²) in [6.07, 6.45) is 3.81. The second-order valence-electron chi connectivity index (χ2n) is 8.22. The molecule has 4 nitrogen and oxygen atoms in total. The SMILES string of the molecule is CC1C(C)C(C)C(CCC[NH-])C1C.O=C([N-]c1ccc(F)cc1F)c1ccccn1.[CH3-].[Ir+3]. The zero-order valence-corrected chi connectivity index (χ0v) is 21.8. The first-order chi connectivity index (χ1) is 14.3. The minimum Gasteiger partial charge on any atom is -0.677 e. The molecular formula is C25H34F2IrN3O. The first-order valence-electron chi connectivity index (χ1n) is 10.5. The number of hydrogen-bond acceptors (Lipinski definition) is 2. The van der Waals surface area contributed by atoms with Gasteiger partial charge in [0, 0.05) is 12.3 Å². The molecule has 0 saturated heterocycles. The van der Waals surface area contributed by atoms with Crippen LogP contribution in [0, 0.1) is 48.7 Å². The molecule has 0 radical (unpaired) electrons. The fourth-order valence-corrected chi connectivity index (χ4v) is 4.31. The van der Waals surface area contributed by atoms with Crippen molar-refractivity contribution in [3.05, 3.63) is 78.4 Å². The summed E-state index contributed by atoms with van der Waals surface area (Å²) < 4.78 is 25.8. The predicted molar refractivity (Wildman–Crippen MR) is 123 cm³/mol. The van der Waals surface area contributed by atoms with Gasteiger partial charge in [0.1, 0.15) is 17.5 Å². The molecule has 1 aromatic heterocycles. The van der Waals surface area contributed by atoms with E-state index in [2.05, 4.69) is 38.0 Å². The Labute approximate surface area is 205 Å². The van der Waals surface area contributed by atoms with Crippen molar-refractivity contribution in [1.82, 2.24) is 4.98 Å². The maximum Gasteiger partial charge on any atom is 3.00 e. The van der Waals surface area contributed by atoms with E-state index in [0.717, 1.165) is 48.1 Å². The molecule has 178 valence electrons. The van der Waals surface area contributed by atoms with E-state index in [-0.39, 0.29) is 38.9 Å². The van der Waals surface area contributed by atoms with Gasteiger partial charge in [0.25, 0.3) is 0 Å². The summed E-state index contributed by atoms with van der Waals surface area (Å²) in [5, 5.41) is 3.53. The number of pyridine rings is 1. The van der Waals surface area contributed by atoms with Gasteiger partial charge < -0.3 is 23.3 Å². The van der Waals surface area contributed by atoms with E-state index in [9.17, 15) is 13.6 Å². The zero-order chi connectivity index (χ0) is 22.3. The van der Waals surface area contributed by atoms with Crippen LogP contribution in [0.5, 0.6) is 0 Å². The van der Waals surface area contributed by atoms with Gasteiger partial charge in [-0.25, -0.2) is 8.78 Å². The number of amides is 1. The van der Waals surface area contributed by atoms with Crippen LogP contribution in [0.1, 0.15) is 51.0 Å². The number of nitrogens with one attached hydrogen (secondary N) is 1. The fourth-order valence-electron chi connectivity index (χ4n) is 4.31. The van der Waals surface area contributed by atoms with Crippen molar-refractivity contribution in [2.45, 2.75) is 40.5 Å². The van der Waals surface area contributed by atoms with Crippen LogP contribution in [0.25, 0.3) is 11.1 Å². The number of hydrogen-bond donors (Lipinski definition) is 0. The molecule has 1 aromatic carbocycles. The van der Waals surface area contributed by atoms with Crippen LogP contribution in [0.4, 0.5) is 14.5 Å². The van der Waals surface area contributed by atoms with Gasteiger partial charge in [-0.3, -0.25) is 4.98 Å². The van der Waals surface area contributed by atoms with Crippen molar-refractivity contribution in [2.75, 3.05) is 6.54 Å². The minimum absolute atomic E-state index is 0. The molecule has 32 heavy (non-hydrogen) atoms. The molecule has 4 atom stereocenters. The number of carbonyl (C=O) groups excluding carboxylic acids is 1. The van der Waals surface area contributed by atoms with Crippen LogP contribution in [0.15, 0.2) is 42.6 Å². The third-order valence-electron chi connectivity index (χ3n) is 6.57. The Kier molecular flexibility index (Phi) is 13.7. The molecule has 0 bridgehead atoms. The molecule has 1 saturated carbocycles. The van der Waals surface area contributed by atoms with Gasteiger partial charge in [-0.05, 0) is 47.8 Å². The molecule has 1 aliphatic rings. The van der Waals surface area contributed by atoms with Crippen LogP contribution in [-0.2, 0) is 20.1 Å². The Morgan fingerprint density at radius 3 is 2.16 bits per heavy atom. The molecule has 2 aromatic rings. The predicted octanol–water partition coefficient (Wildman–Crippen LogP) is 7.65. The third kappa shape index (κ3) is 8.02. The molecule has 1 fully saturated rings. The average molecular weight is 623 g/mol. The summed E-state index contributed by atoms with van der Waals surface area (Å²) in [5.74, 6) is 2.12. The largest absolute Gasteiger partial charge is 3.00 e. The van der Waals surface area contributed by atoms with Crippen molar-refractivity contribution < 1.29 is 33.7 Å². The van der Waals surface area contributed by atoms with E-state index < -0.39 is 17.5 Å². The Bertz CT molecular complexity index is 808. The van der Waals surface area contributed by atoms with E-state index in [1.54, 1.807) is 12.1 Å². The number of nitrogens with zero attached hydrogens (tertiary/aromatic N) is 2. The number of benzene rings is 1. The molecular weight excluding hydrogens is 589 g/mol. The molecule has 1 amide bonds. The summed E-state index contributed by atoms with van der Waals surface area (Å²) >= 11 is 0. The Morgan fingerprint density at radius 1 is 1.03 bits per heavy atom. The van der Waals surface area contributed by atoms with Crippen molar-refractivity contribution >= 4 is 11.6 Å². The van der Waals surface area contributed by atoms with Gasteiger partial charge in [0.2, 0.25) is 0 Å². The molecule has 1 N–H and O–H groups in total. The number of rotatable bonds is 5. The fraction of sp³-hybridized carbons (Fsp3) is 0.480. The van der Waals surface area contributed by atoms with E-state index in [1.807, 2.05) is 0 Å². The maximum absolute atomic E-state index is 13.2. The van der Waals surface area contributed by atoms with Crippen molar-refractivity contribution in [1.29, 1.82) is 0 Å². The quantitative estimate of drug-likeness (QED) is 0.322. The van der Waals surface area contributed by atoms with Crippen LogP contribution >= 0.6 is 0 Å². The van der Waals surface area contributed by atoms with Gasteiger partial charge in [-0.2, -0.15) is 6.54 Å². The average Bonchev–Trinajstić information content (AvgIpc) is 2.92. The first kappa shape index (κ1) is 30.3. The molecule has 1 heterocycles.